The highest BCUT2D eigenvalue weighted by atomic mass is 32.1. The minimum Gasteiger partial charge on any atom is -0.352 e. The molecule has 0 aliphatic carbocycles. The first kappa shape index (κ1) is 22.7. The number of aromatic nitrogens is 1. The molecule has 0 bridgehead atoms. The molecule has 3 aromatic rings. The van der Waals surface area contributed by atoms with Gasteiger partial charge in [-0.1, -0.05) is 50.2 Å². The van der Waals surface area contributed by atoms with Gasteiger partial charge in [-0.05, 0) is 43.0 Å². The van der Waals surface area contributed by atoms with E-state index in [-0.39, 0.29) is 24.3 Å². The van der Waals surface area contributed by atoms with Crippen molar-refractivity contribution >= 4 is 23.2 Å². The SMILES string of the molecule is CCc1ccc(-c2nc(CC(=O)NCc3cccc(C(=O)NC(C)CC)c3)cs2)cc1. The van der Waals surface area contributed by atoms with E-state index >= 15 is 0 Å². The fraction of sp³-hybridized carbons (Fsp3) is 0.320. The molecule has 2 N–H and O–H groups in total. The van der Waals surface area contributed by atoms with Crippen molar-refractivity contribution in [3.05, 3.63) is 76.3 Å². The standard InChI is InChI=1S/C25H29N3O2S/c1-4-17(3)27-24(30)21-8-6-7-19(13-21)15-26-23(29)14-22-16-31-25(28-22)20-11-9-18(5-2)10-12-20/h6-13,16-17H,4-5,14-15H2,1-3H3,(H,26,29)(H,27,30). The van der Waals surface area contributed by atoms with Crippen molar-refractivity contribution in [2.24, 2.45) is 0 Å². The number of hydrogen-bond donors (Lipinski definition) is 2. The summed E-state index contributed by atoms with van der Waals surface area (Å²) in [6, 6.07) is 15.8. The van der Waals surface area contributed by atoms with Gasteiger partial charge in [-0.15, -0.1) is 11.3 Å². The average molecular weight is 436 g/mol. The summed E-state index contributed by atoms with van der Waals surface area (Å²) in [7, 11) is 0. The van der Waals surface area contributed by atoms with E-state index in [1.165, 1.54) is 5.56 Å². The Morgan fingerprint density at radius 2 is 1.84 bits per heavy atom. The Labute approximate surface area is 187 Å². The van der Waals surface area contributed by atoms with Crippen LogP contribution in [-0.4, -0.2) is 22.8 Å². The molecule has 0 spiro atoms. The largest absolute Gasteiger partial charge is 0.352 e. The molecular formula is C25H29N3O2S. The van der Waals surface area contributed by atoms with Crippen molar-refractivity contribution in [1.82, 2.24) is 15.6 Å². The molecule has 0 saturated carbocycles. The highest BCUT2D eigenvalue weighted by molar-refractivity contribution is 7.13. The zero-order chi connectivity index (χ0) is 22.2. The third-order valence-corrected chi connectivity index (χ3v) is 6.11. The Balaban J connectivity index is 1.54. The van der Waals surface area contributed by atoms with E-state index in [4.69, 9.17) is 0 Å². The van der Waals surface area contributed by atoms with Crippen molar-refractivity contribution in [3.8, 4) is 10.6 Å². The minimum atomic E-state index is -0.0931. The van der Waals surface area contributed by atoms with Gasteiger partial charge in [0.05, 0.1) is 12.1 Å². The Morgan fingerprint density at radius 1 is 1.06 bits per heavy atom. The Bertz CT molecular complexity index is 1030. The zero-order valence-corrected chi connectivity index (χ0v) is 19.1. The number of nitrogens with one attached hydrogen (secondary N) is 2. The van der Waals surface area contributed by atoms with Crippen molar-refractivity contribution in [2.45, 2.75) is 52.6 Å². The van der Waals surface area contributed by atoms with Crippen LogP contribution < -0.4 is 10.6 Å². The molecule has 162 valence electrons. The van der Waals surface area contributed by atoms with Crippen LogP contribution in [0.4, 0.5) is 0 Å². The van der Waals surface area contributed by atoms with Gasteiger partial charge in [0.25, 0.3) is 5.91 Å². The molecule has 0 aliphatic heterocycles. The van der Waals surface area contributed by atoms with Crippen molar-refractivity contribution < 1.29 is 9.59 Å². The van der Waals surface area contributed by atoms with E-state index in [0.717, 1.165) is 34.7 Å². The molecule has 5 nitrogen and oxygen atoms in total. The molecule has 1 heterocycles. The predicted molar refractivity (Wildman–Crippen MR) is 126 cm³/mol. The third kappa shape index (κ3) is 6.49. The molecule has 1 unspecified atom stereocenters. The maximum atomic E-state index is 12.4. The topological polar surface area (TPSA) is 71.1 Å². The number of hydrogen-bond acceptors (Lipinski definition) is 4. The number of carbonyl (C=O) groups excluding carboxylic acids is 2. The van der Waals surface area contributed by atoms with Gasteiger partial charge in [0.15, 0.2) is 0 Å². The Kier molecular flexibility index (Phi) is 7.95. The van der Waals surface area contributed by atoms with Crippen LogP contribution in [0.5, 0.6) is 0 Å². The highest BCUT2D eigenvalue weighted by Crippen LogP contribution is 2.24. The number of amides is 2. The van der Waals surface area contributed by atoms with E-state index in [9.17, 15) is 9.59 Å². The summed E-state index contributed by atoms with van der Waals surface area (Å²) in [5.74, 6) is -0.183. The van der Waals surface area contributed by atoms with Gasteiger partial charge in [0.1, 0.15) is 5.01 Å². The van der Waals surface area contributed by atoms with Crippen LogP contribution in [0.15, 0.2) is 53.9 Å². The van der Waals surface area contributed by atoms with Gasteiger partial charge < -0.3 is 10.6 Å². The monoisotopic (exact) mass is 435 g/mol. The molecule has 1 aromatic heterocycles. The number of thiazole rings is 1. The number of carbonyl (C=O) groups is 2. The number of nitrogens with zero attached hydrogens (tertiary/aromatic N) is 1. The van der Waals surface area contributed by atoms with Crippen molar-refractivity contribution in [1.29, 1.82) is 0 Å². The summed E-state index contributed by atoms with van der Waals surface area (Å²) >= 11 is 1.55. The number of benzene rings is 2. The normalized spacial score (nSPS) is 11.7. The van der Waals surface area contributed by atoms with Gasteiger partial charge in [0, 0.05) is 29.1 Å². The van der Waals surface area contributed by atoms with Gasteiger partial charge in [0.2, 0.25) is 5.91 Å². The summed E-state index contributed by atoms with van der Waals surface area (Å²) < 4.78 is 0. The first-order chi connectivity index (χ1) is 15.0. The van der Waals surface area contributed by atoms with E-state index in [1.807, 2.05) is 37.4 Å². The van der Waals surface area contributed by atoms with Gasteiger partial charge in [-0.25, -0.2) is 4.98 Å². The zero-order valence-electron chi connectivity index (χ0n) is 18.3. The summed E-state index contributed by atoms with van der Waals surface area (Å²) in [5, 5.41) is 8.74. The molecule has 0 aliphatic rings. The molecule has 1 atom stereocenters. The fourth-order valence-corrected chi connectivity index (χ4v) is 3.89. The maximum absolute atomic E-state index is 12.4. The molecule has 2 amide bonds. The highest BCUT2D eigenvalue weighted by Gasteiger charge is 2.11. The van der Waals surface area contributed by atoms with Crippen molar-refractivity contribution in [2.75, 3.05) is 0 Å². The lowest BCUT2D eigenvalue weighted by molar-refractivity contribution is -0.120. The molecule has 0 fully saturated rings. The molecule has 31 heavy (non-hydrogen) atoms. The summed E-state index contributed by atoms with van der Waals surface area (Å²) in [6.07, 6.45) is 2.12. The molecule has 0 radical (unpaired) electrons. The smallest absolute Gasteiger partial charge is 0.251 e. The lowest BCUT2D eigenvalue weighted by Crippen LogP contribution is -2.32. The molecular weight excluding hydrogens is 406 g/mol. The van der Waals surface area contributed by atoms with Gasteiger partial charge in [-0.3, -0.25) is 9.59 Å². The van der Waals surface area contributed by atoms with Crippen LogP contribution in [0.1, 0.15) is 54.4 Å². The maximum Gasteiger partial charge on any atom is 0.251 e. The molecule has 3 rings (SSSR count). The van der Waals surface area contributed by atoms with Crippen LogP contribution in [0.2, 0.25) is 0 Å². The molecule has 0 saturated heterocycles. The minimum absolute atomic E-state index is 0.0901. The number of rotatable bonds is 9. The Hall–Kier alpha value is -2.99. The van der Waals surface area contributed by atoms with E-state index in [0.29, 0.717) is 12.1 Å². The van der Waals surface area contributed by atoms with Gasteiger partial charge in [-0.2, -0.15) is 0 Å². The fourth-order valence-electron chi connectivity index (χ4n) is 3.06. The first-order valence-electron chi connectivity index (χ1n) is 10.7. The second-order valence-corrected chi connectivity index (χ2v) is 8.49. The second kappa shape index (κ2) is 10.9. The third-order valence-electron chi connectivity index (χ3n) is 5.17. The number of aryl methyl sites for hydroxylation is 1. The van der Waals surface area contributed by atoms with E-state index in [2.05, 4.69) is 46.8 Å². The van der Waals surface area contributed by atoms with Crippen LogP contribution >= 0.6 is 11.3 Å². The molecule has 2 aromatic carbocycles. The second-order valence-electron chi connectivity index (χ2n) is 7.63. The average Bonchev–Trinajstić information content (AvgIpc) is 3.26. The van der Waals surface area contributed by atoms with Gasteiger partial charge >= 0.3 is 0 Å². The van der Waals surface area contributed by atoms with Crippen LogP contribution in [-0.2, 0) is 24.2 Å². The lowest BCUT2D eigenvalue weighted by atomic mass is 10.1. The lowest BCUT2D eigenvalue weighted by Gasteiger charge is -2.12. The van der Waals surface area contributed by atoms with Crippen LogP contribution in [0.25, 0.3) is 10.6 Å². The first-order valence-corrected chi connectivity index (χ1v) is 11.6. The quantitative estimate of drug-likeness (QED) is 0.509. The van der Waals surface area contributed by atoms with Crippen LogP contribution in [0, 0.1) is 0 Å². The summed E-state index contributed by atoms with van der Waals surface area (Å²) in [4.78, 5) is 29.3. The summed E-state index contributed by atoms with van der Waals surface area (Å²) in [5.41, 5.74) is 4.62. The molecule has 6 heteroatoms. The van der Waals surface area contributed by atoms with Crippen LogP contribution in [0.3, 0.4) is 0 Å². The summed E-state index contributed by atoms with van der Waals surface area (Å²) in [6.45, 7) is 6.52. The van der Waals surface area contributed by atoms with E-state index < -0.39 is 0 Å². The Morgan fingerprint density at radius 3 is 2.55 bits per heavy atom. The van der Waals surface area contributed by atoms with E-state index in [1.54, 1.807) is 17.4 Å². The van der Waals surface area contributed by atoms with Crippen molar-refractivity contribution in [3.63, 3.8) is 0 Å². The predicted octanol–water partition coefficient (Wildman–Crippen LogP) is 4.76.